The molecule has 2 atom stereocenters. The fraction of sp³-hybridized carbons (Fsp3) is 0.176. The summed E-state index contributed by atoms with van der Waals surface area (Å²) in [5, 5.41) is 0. The monoisotopic (exact) mass is 652 g/mol. The van der Waals surface area contributed by atoms with Crippen LogP contribution in [0.25, 0.3) is 34.4 Å². The number of rotatable bonds is 4. The molecule has 2 aliphatic rings. The van der Waals surface area contributed by atoms with Crippen molar-refractivity contribution in [3.63, 3.8) is 0 Å². The average Bonchev–Trinajstić information content (AvgIpc) is 3.51. The third-order valence-corrected chi connectivity index (χ3v) is 43.8. The Kier molecular flexibility index (Phi) is 4.53. The van der Waals surface area contributed by atoms with Crippen LogP contribution < -0.4 is 0 Å². The van der Waals surface area contributed by atoms with Crippen LogP contribution in [0.2, 0.25) is 18.7 Å². The van der Waals surface area contributed by atoms with Gasteiger partial charge in [0.05, 0.1) is 0 Å². The SMILES string of the molecule is [CH3][Hf]([CH3])([CH3])([CH3])(=[SiH2])([CH]1C=Cc2c(-c3ccccc3)cccc21)[CH]1C=Cc2c(-c3ccccc3)cccc21. The van der Waals surface area contributed by atoms with Gasteiger partial charge in [-0.15, -0.1) is 0 Å². The van der Waals surface area contributed by atoms with Crippen molar-refractivity contribution in [3.05, 3.63) is 131 Å². The van der Waals surface area contributed by atoms with E-state index >= 15 is 0 Å². The Labute approximate surface area is 211 Å². The molecular weight excluding hydrogens is 615 g/mol. The molecule has 2 heteroatoms. The predicted molar refractivity (Wildman–Crippen MR) is 159 cm³/mol. The van der Waals surface area contributed by atoms with E-state index in [1.165, 1.54) is 44.5 Å². The maximum absolute atomic E-state index is 4.67. The number of hydrogen-bond donors (Lipinski definition) is 0. The third kappa shape index (κ3) is 3.49. The third-order valence-electron chi connectivity index (χ3n) is 9.32. The van der Waals surface area contributed by atoms with E-state index in [9.17, 15) is 0 Å². The summed E-state index contributed by atoms with van der Waals surface area (Å²) in [7, 11) is 0. The first-order chi connectivity index (χ1) is 16.9. The standard InChI is InChI=1S/2C15H11.4CH3.Hf.H2Si/c2*1-2-6-12(7-3-1)14-10-4-8-13-9-5-11-15(13)14;;;;;;/h2*1-11H;4*1H3;;1H2. The van der Waals surface area contributed by atoms with Crippen LogP contribution in [0.4, 0.5) is 0 Å². The predicted octanol–water partition coefficient (Wildman–Crippen LogP) is 9.36. The molecule has 0 spiro atoms. The van der Waals surface area contributed by atoms with Gasteiger partial charge in [0.2, 0.25) is 0 Å². The Bertz CT molecular complexity index is 1580. The topological polar surface area (TPSA) is 0 Å². The molecule has 0 saturated carbocycles. The van der Waals surface area contributed by atoms with Gasteiger partial charge >= 0.3 is 213 Å². The summed E-state index contributed by atoms with van der Waals surface area (Å²) < 4.78 is 11.7. The Balaban J connectivity index is 1.54. The molecule has 2 aliphatic carbocycles. The zero-order valence-corrected chi connectivity index (χ0v) is 26.9. The molecule has 180 valence electrons. The Morgan fingerprint density at radius 3 is 1.28 bits per heavy atom. The first-order valence-corrected chi connectivity index (χ1v) is 40.1. The van der Waals surface area contributed by atoms with Crippen LogP contribution in [0.5, 0.6) is 0 Å². The van der Waals surface area contributed by atoms with Crippen LogP contribution in [0.3, 0.4) is 0 Å². The first-order valence-electron chi connectivity index (χ1n) is 13.2. The summed E-state index contributed by atoms with van der Waals surface area (Å²) in [6, 6.07) is 35.6. The van der Waals surface area contributed by atoms with Crippen molar-refractivity contribution in [3.8, 4) is 22.3 Å². The molecule has 0 fully saturated rings. The summed E-state index contributed by atoms with van der Waals surface area (Å²) in [4.78, 5) is 0. The van der Waals surface area contributed by atoms with Crippen LogP contribution in [0.15, 0.2) is 109 Å². The van der Waals surface area contributed by atoms with Gasteiger partial charge in [0.1, 0.15) is 0 Å². The average molecular weight is 651 g/mol. The molecule has 4 aromatic rings. The maximum atomic E-state index is 2.71. The van der Waals surface area contributed by atoms with E-state index in [-0.39, 0.29) is 0 Å². The van der Waals surface area contributed by atoms with Gasteiger partial charge in [0, 0.05) is 0 Å². The summed E-state index contributed by atoms with van der Waals surface area (Å²) in [6.45, 7) is 2.39. The summed E-state index contributed by atoms with van der Waals surface area (Å²) in [5.41, 5.74) is 11.1. The molecule has 0 nitrogen and oxygen atoms in total. The Morgan fingerprint density at radius 1 is 0.500 bits per heavy atom. The molecular formula is C34H36HfSi. The number of fused-ring (bicyclic) bond motifs is 2. The van der Waals surface area contributed by atoms with Gasteiger partial charge < -0.3 is 0 Å². The van der Waals surface area contributed by atoms with Crippen LogP contribution in [0.1, 0.15) is 29.6 Å². The Morgan fingerprint density at radius 2 is 0.889 bits per heavy atom. The van der Waals surface area contributed by atoms with E-state index in [1.807, 2.05) is 0 Å². The molecule has 6 rings (SSSR count). The van der Waals surface area contributed by atoms with Gasteiger partial charge in [0.25, 0.3) is 0 Å². The number of allylic oxidation sites excluding steroid dienone is 2. The van der Waals surface area contributed by atoms with Crippen molar-refractivity contribution in [2.24, 2.45) is 0 Å². The first kappa shape index (κ1) is 23.8. The van der Waals surface area contributed by atoms with Crippen LogP contribution in [-0.4, -0.2) is 6.94 Å². The van der Waals surface area contributed by atoms with Gasteiger partial charge in [0.15, 0.2) is 0 Å². The van der Waals surface area contributed by atoms with Gasteiger partial charge in [-0.3, -0.25) is 0 Å². The molecule has 0 heterocycles. The van der Waals surface area contributed by atoms with Crippen molar-refractivity contribution in [2.75, 3.05) is 0 Å². The van der Waals surface area contributed by atoms with Crippen LogP contribution in [-0.2, 0) is 14.2 Å². The molecule has 0 radical (unpaired) electrons. The van der Waals surface area contributed by atoms with Gasteiger partial charge in [-0.25, -0.2) is 0 Å². The van der Waals surface area contributed by atoms with Crippen molar-refractivity contribution in [1.29, 1.82) is 0 Å². The molecule has 0 aromatic heterocycles. The van der Waals surface area contributed by atoms with Crippen molar-refractivity contribution in [2.45, 2.75) is 26.1 Å². The zero-order valence-electron chi connectivity index (χ0n) is 21.9. The van der Waals surface area contributed by atoms with Gasteiger partial charge in [-0.2, -0.15) is 0 Å². The van der Waals surface area contributed by atoms with E-state index in [0.717, 1.165) is 0 Å². The number of benzene rings is 4. The molecule has 0 saturated heterocycles. The van der Waals surface area contributed by atoms with Gasteiger partial charge in [-0.1, -0.05) is 0 Å². The van der Waals surface area contributed by atoms with E-state index < -0.39 is 14.2 Å². The second-order valence-corrected chi connectivity index (χ2v) is 102. The molecule has 4 aromatic carbocycles. The second-order valence-electron chi connectivity index (χ2n) is 15.3. The van der Waals surface area contributed by atoms with Crippen molar-refractivity contribution in [1.82, 2.24) is 0 Å². The molecule has 0 bridgehead atoms. The minimum atomic E-state index is -4.67. The molecule has 2 unspecified atom stereocenters. The number of hydrogen-bond acceptors (Lipinski definition) is 0. The molecule has 0 amide bonds. The quantitative estimate of drug-likeness (QED) is 0.193. The van der Waals surface area contributed by atoms with E-state index in [1.54, 1.807) is 0 Å². The summed E-state index contributed by atoms with van der Waals surface area (Å²) >= 11 is -4.67. The molecule has 36 heavy (non-hydrogen) atoms. The van der Waals surface area contributed by atoms with Crippen LogP contribution >= 0.6 is 0 Å². The van der Waals surface area contributed by atoms with Gasteiger partial charge in [-0.05, 0) is 0 Å². The summed E-state index contributed by atoms with van der Waals surface area (Å²) in [6.07, 6.45) is 9.96. The van der Waals surface area contributed by atoms with Crippen molar-refractivity contribution < 1.29 is 14.2 Å². The van der Waals surface area contributed by atoms with Crippen LogP contribution in [0, 0.1) is 0 Å². The minimum absolute atomic E-state index is 0.423. The molecule has 0 aliphatic heterocycles. The van der Waals surface area contributed by atoms with E-state index in [0.29, 0.717) is 7.35 Å². The Hall–Kier alpha value is -2.55. The van der Waals surface area contributed by atoms with Crippen molar-refractivity contribution >= 4 is 19.1 Å². The fourth-order valence-corrected chi connectivity index (χ4v) is 36.1. The van der Waals surface area contributed by atoms with E-state index in [2.05, 4.69) is 147 Å². The molecule has 0 N–H and O–H groups in total. The fourth-order valence-electron chi connectivity index (χ4n) is 7.27. The van der Waals surface area contributed by atoms with E-state index in [4.69, 9.17) is 0 Å². The normalized spacial score (nSPS) is 21.2. The second kappa shape index (κ2) is 6.85. The zero-order chi connectivity index (χ0) is 25.3. The summed E-state index contributed by atoms with van der Waals surface area (Å²) in [5.74, 6) is 0.